The van der Waals surface area contributed by atoms with Crippen LogP contribution in [-0.4, -0.2) is 40.4 Å². The van der Waals surface area contributed by atoms with Crippen LogP contribution in [0.25, 0.3) is 11.0 Å². The molecule has 2 fully saturated rings. The zero-order chi connectivity index (χ0) is 19.0. The molecule has 2 aliphatic rings. The summed E-state index contributed by atoms with van der Waals surface area (Å²) in [6.45, 7) is 3.13. The summed E-state index contributed by atoms with van der Waals surface area (Å²) in [6, 6.07) is 16.6. The SMILES string of the molecule is O=C(NC(CN1CCCC1)c1ccccc1)C1(c2ccc3nc[nH]c3c2)CC1. The second kappa shape index (κ2) is 7.06. The number of carbonyl (C=O) groups excluding carboxylic acids is 1. The minimum absolute atomic E-state index is 0.0279. The molecule has 144 valence electrons. The van der Waals surface area contributed by atoms with E-state index >= 15 is 0 Å². The molecule has 28 heavy (non-hydrogen) atoms. The molecule has 1 saturated heterocycles. The number of aromatic amines is 1. The van der Waals surface area contributed by atoms with Crippen molar-refractivity contribution in [3.8, 4) is 0 Å². The molecule has 2 heterocycles. The Hall–Kier alpha value is -2.66. The maximum absolute atomic E-state index is 13.4. The highest BCUT2D eigenvalue weighted by atomic mass is 16.2. The standard InChI is InChI=1S/C23H26N4O/c28-22(23(10-11-23)18-8-9-19-20(14-18)25-16-24-19)26-21(15-27-12-4-5-13-27)17-6-2-1-3-7-17/h1-3,6-9,14,16,21H,4-5,10-13,15H2,(H,24,25)(H,26,28). The number of nitrogens with zero attached hydrogens (tertiary/aromatic N) is 2. The fraction of sp³-hybridized carbons (Fsp3) is 0.391. The van der Waals surface area contributed by atoms with Crippen LogP contribution in [0.15, 0.2) is 54.9 Å². The summed E-state index contributed by atoms with van der Waals surface area (Å²) in [6.07, 6.45) is 6.02. The molecule has 1 atom stereocenters. The number of hydrogen-bond donors (Lipinski definition) is 2. The molecule has 2 N–H and O–H groups in total. The number of rotatable bonds is 6. The van der Waals surface area contributed by atoms with Gasteiger partial charge in [-0.3, -0.25) is 4.79 Å². The largest absolute Gasteiger partial charge is 0.347 e. The van der Waals surface area contributed by atoms with E-state index in [1.54, 1.807) is 6.33 Å². The summed E-state index contributed by atoms with van der Waals surface area (Å²) in [5, 5.41) is 3.40. The Kier molecular flexibility index (Phi) is 4.40. The Morgan fingerprint density at radius 3 is 2.68 bits per heavy atom. The van der Waals surface area contributed by atoms with E-state index in [0.29, 0.717) is 0 Å². The van der Waals surface area contributed by atoms with E-state index in [1.165, 1.54) is 18.4 Å². The second-order valence-corrected chi connectivity index (χ2v) is 8.16. The molecule has 0 spiro atoms. The van der Waals surface area contributed by atoms with E-state index < -0.39 is 5.41 Å². The molecule has 5 nitrogen and oxygen atoms in total. The van der Waals surface area contributed by atoms with Gasteiger partial charge in [0.25, 0.3) is 0 Å². The van der Waals surface area contributed by atoms with Crippen molar-refractivity contribution < 1.29 is 4.79 Å². The maximum Gasteiger partial charge on any atom is 0.231 e. The summed E-state index contributed by atoms with van der Waals surface area (Å²) in [7, 11) is 0. The van der Waals surface area contributed by atoms with Crippen molar-refractivity contribution in [3.05, 3.63) is 66.0 Å². The van der Waals surface area contributed by atoms with Crippen molar-refractivity contribution in [3.63, 3.8) is 0 Å². The highest BCUT2D eigenvalue weighted by Crippen LogP contribution is 2.49. The Morgan fingerprint density at radius 1 is 1.14 bits per heavy atom. The smallest absolute Gasteiger partial charge is 0.231 e. The summed E-state index contributed by atoms with van der Waals surface area (Å²) < 4.78 is 0. The fourth-order valence-electron chi connectivity index (χ4n) is 4.44. The predicted octanol–water partition coefficient (Wildman–Crippen LogP) is 3.55. The van der Waals surface area contributed by atoms with Gasteiger partial charge in [0.2, 0.25) is 5.91 Å². The Morgan fingerprint density at radius 2 is 1.93 bits per heavy atom. The minimum atomic E-state index is -0.392. The highest BCUT2D eigenvalue weighted by Gasteiger charge is 2.51. The van der Waals surface area contributed by atoms with Crippen molar-refractivity contribution in [2.24, 2.45) is 0 Å². The van der Waals surface area contributed by atoms with E-state index in [9.17, 15) is 4.79 Å². The zero-order valence-electron chi connectivity index (χ0n) is 16.0. The average Bonchev–Trinajstić information content (AvgIpc) is 3.14. The summed E-state index contributed by atoms with van der Waals surface area (Å²) >= 11 is 0. The molecule has 0 radical (unpaired) electrons. The molecule has 1 unspecified atom stereocenters. The van der Waals surface area contributed by atoms with Crippen LogP contribution in [0.5, 0.6) is 0 Å². The van der Waals surface area contributed by atoms with Gasteiger partial charge in [-0.15, -0.1) is 0 Å². The van der Waals surface area contributed by atoms with E-state index in [1.807, 2.05) is 12.1 Å². The van der Waals surface area contributed by atoms with E-state index in [-0.39, 0.29) is 11.9 Å². The molecule has 5 rings (SSSR count). The lowest BCUT2D eigenvalue weighted by atomic mass is 9.93. The van der Waals surface area contributed by atoms with Crippen molar-refractivity contribution in [1.29, 1.82) is 0 Å². The zero-order valence-corrected chi connectivity index (χ0v) is 16.0. The number of carbonyl (C=O) groups is 1. The van der Waals surface area contributed by atoms with Crippen LogP contribution in [0.3, 0.4) is 0 Å². The fourth-order valence-corrected chi connectivity index (χ4v) is 4.44. The predicted molar refractivity (Wildman–Crippen MR) is 110 cm³/mol. The number of imidazole rings is 1. The lowest BCUT2D eigenvalue weighted by Crippen LogP contribution is -2.41. The first-order valence-corrected chi connectivity index (χ1v) is 10.3. The molecule has 1 aliphatic carbocycles. The third-order valence-corrected chi connectivity index (χ3v) is 6.30. The molecule has 1 aromatic heterocycles. The number of H-pyrrole nitrogens is 1. The van der Waals surface area contributed by atoms with E-state index in [4.69, 9.17) is 0 Å². The van der Waals surface area contributed by atoms with Crippen molar-refractivity contribution in [2.45, 2.75) is 37.1 Å². The first-order chi connectivity index (χ1) is 13.7. The number of amides is 1. The Labute approximate surface area is 165 Å². The van der Waals surface area contributed by atoms with Gasteiger partial charge in [-0.2, -0.15) is 0 Å². The number of hydrogen-bond acceptors (Lipinski definition) is 3. The number of nitrogens with one attached hydrogen (secondary N) is 2. The topological polar surface area (TPSA) is 61.0 Å². The second-order valence-electron chi connectivity index (χ2n) is 8.16. The number of fused-ring (bicyclic) bond motifs is 1. The molecule has 1 aliphatic heterocycles. The lowest BCUT2D eigenvalue weighted by molar-refractivity contribution is -0.124. The molecule has 5 heteroatoms. The van der Waals surface area contributed by atoms with Crippen LogP contribution in [0.4, 0.5) is 0 Å². The normalized spacial score (nSPS) is 19.6. The summed E-state index contributed by atoms with van der Waals surface area (Å²) in [4.78, 5) is 23.3. The molecule has 3 aromatic rings. The van der Waals surface area contributed by atoms with Gasteiger partial charge in [0, 0.05) is 6.54 Å². The maximum atomic E-state index is 13.4. The molecular formula is C23H26N4O. The average molecular weight is 374 g/mol. The number of benzene rings is 2. The van der Waals surface area contributed by atoms with Crippen molar-refractivity contribution >= 4 is 16.9 Å². The van der Waals surface area contributed by atoms with Gasteiger partial charge in [-0.1, -0.05) is 36.4 Å². The van der Waals surface area contributed by atoms with Crippen molar-refractivity contribution in [1.82, 2.24) is 20.2 Å². The Bertz CT molecular complexity index is 970. The number of likely N-dealkylation sites (tertiary alicyclic amines) is 1. The van der Waals surface area contributed by atoms with Gasteiger partial charge in [-0.05, 0) is 62.0 Å². The van der Waals surface area contributed by atoms with Gasteiger partial charge in [0.05, 0.1) is 28.8 Å². The Balaban J connectivity index is 1.39. The highest BCUT2D eigenvalue weighted by molar-refractivity contribution is 5.92. The van der Waals surface area contributed by atoms with E-state index in [2.05, 4.69) is 56.6 Å². The van der Waals surface area contributed by atoms with E-state index in [0.717, 1.165) is 49.1 Å². The first kappa shape index (κ1) is 17.4. The summed E-state index contributed by atoms with van der Waals surface area (Å²) in [5.41, 5.74) is 3.82. The molecule has 1 saturated carbocycles. The molecule has 1 amide bonds. The number of aromatic nitrogens is 2. The van der Waals surface area contributed by atoms with Crippen LogP contribution in [0.2, 0.25) is 0 Å². The summed E-state index contributed by atoms with van der Waals surface area (Å²) in [5.74, 6) is 0.152. The molecule has 0 bridgehead atoms. The van der Waals surface area contributed by atoms with Crippen LogP contribution in [-0.2, 0) is 10.2 Å². The van der Waals surface area contributed by atoms with Gasteiger partial charge in [-0.25, -0.2) is 4.98 Å². The molecule has 2 aromatic carbocycles. The van der Waals surface area contributed by atoms with Gasteiger partial charge in [0.15, 0.2) is 0 Å². The van der Waals surface area contributed by atoms with Gasteiger partial charge >= 0.3 is 0 Å². The van der Waals surface area contributed by atoms with Gasteiger partial charge < -0.3 is 15.2 Å². The van der Waals surface area contributed by atoms with Gasteiger partial charge in [0.1, 0.15) is 0 Å². The van der Waals surface area contributed by atoms with Crippen LogP contribution >= 0.6 is 0 Å². The third kappa shape index (κ3) is 3.20. The quantitative estimate of drug-likeness (QED) is 0.694. The van der Waals surface area contributed by atoms with Crippen molar-refractivity contribution in [2.75, 3.05) is 19.6 Å². The minimum Gasteiger partial charge on any atom is -0.347 e. The monoisotopic (exact) mass is 374 g/mol. The van der Waals surface area contributed by atoms with Crippen LogP contribution < -0.4 is 5.32 Å². The van der Waals surface area contributed by atoms with Crippen LogP contribution in [0.1, 0.15) is 42.9 Å². The lowest BCUT2D eigenvalue weighted by Gasteiger charge is -2.27. The first-order valence-electron chi connectivity index (χ1n) is 10.3. The molecular weight excluding hydrogens is 348 g/mol. The third-order valence-electron chi connectivity index (χ3n) is 6.30. The van der Waals surface area contributed by atoms with Crippen LogP contribution in [0, 0.1) is 0 Å².